The SMILES string of the molecule is C/C(N)=C(\Br)C(=NCC=O)NC(C)C.CN. The summed E-state index contributed by atoms with van der Waals surface area (Å²) in [6.45, 7) is 5.88. The van der Waals surface area contributed by atoms with Crippen molar-refractivity contribution >= 4 is 28.1 Å². The highest BCUT2D eigenvalue weighted by atomic mass is 79.9. The molecule has 5 N–H and O–H groups in total. The molecule has 16 heavy (non-hydrogen) atoms. The fourth-order valence-corrected chi connectivity index (χ4v) is 1.01. The van der Waals surface area contributed by atoms with Crippen LogP contribution in [0.25, 0.3) is 0 Å². The average molecular weight is 293 g/mol. The molecule has 6 heteroatoms. The lowest BCUT2D eigenvalue weighted by Crippen LogP contribution is -2.31. The Balaban J connectivity index is 0. The summed E-state index contributed by atoms with van der Waals surface area (Å²) < 4.78 is 0.702. The minimum Gasteiger partial charge on any atom is -0.401 e. The van der Waals surface area contributed by atoms with Crippen LogP contribution in [0.5, 0.6) is 0 Å². The van der Waals surface area contributed by atoms with Crippen LogP contribution in [0.3, 0.4) is 0 Å². The molecule has 0 amide bonds. The first-order chi connectivity index (χ1) is 7.49. The Morgan fingerprint density at radius 1 is 1.50 bits per heavy atom. The predicted octanol–water partition coefficient (Wildman–Crippen LogP) is 0.742. The molecule has 0 bridgehead atoms. The van der Waals surface area contributed by atoms with Crippen LogP contribution < -0.4 is 16.8 Å². The molecule has 0 aromatic carbocycles. The summed E-state index contributed by atoms with van der Waals surface area (Å²) in [5, 5.41) is 3.10. The first-order valence-corrected chi connectivity index (χ1v) is 5.73. The Morgan fingerprint density at radius 3 is 2.31 bits per heavy atom. The molecule has 0 aromatic rings. The summed E-state index contributed by atoms with van der Waals surface area (Å²) in [5.41, 5.74) is 10.7. The van der Waals surface area contributed by atoms with Crippen LogP contribution in [-0.4, -0.2) is 31.8 Å². The van der Waals surface area contributed by atoms with Gasteiger partial charge in [0, 0.05) is 11.7 Å². The van der Waals surface area contributed by atoms with Crippen molar-refractivity contribution in [3.8, 4) is 0 Å². The summed E-state index contributed by atoms with van der Waals surface area (Å²) in [5.74, 6) is 0.618. The van der Waals surface area contributed by atoms with E-state index in [0.717, 1.165) is 6.29 Å². The van der Waals surface area contributed by atoms with Gasteiger partial charge in [-0.05, 0) is 43.7 Å². The first-order valence-electron chi connectivity index (χ1n) is 4.93. The molecule has 0 aliphatic heterocycles. The smallest absolute Gasteiger partial charge is 0.141 e. The lowest BCUT2D eigenvalue weighted by atomic mass is 10.3. The largest absolute Gasteiger partial charge is 0.401 e. The number of amidine groups is 1. The highest BCUT2D eigenvalue weighted by Crippen LogP contribution is 2.09. The van der Waals surface area contributed by atoms with Crippen molar-refractivity contribution in [3.63, 3.8) is 0 Å². The molecule has 0 aliphatic carbocycles. The van der Waals surface area contributed by atoms with E-state index in [1.807, 2.05) is 13.8 Å². The highest BCUT2D eigenvalue weighted by molar-refractivity contribution is 9.12. The van der Waals surface area contributed by atoms with Gasteiger partial charge in [-0.15, -0.1) is 0 Å². The minimum atomic E-state index is 0.136. The van der Waals surface area contributed by atoms with Gasteiger partial charge in [-0.25, -0.2) is 0 Å². The van der Waals surface area contributed by atoms with Gasteiger partial charge in [0.25, 0.3) is 0 Å². The van der Waals surface area contributed by atoms with Gasteiger partial charge in [0.15, 0.2) is 0 Å². The number of allylic oxidation sites excluding steroid dienone is 1. The van der Waals surface area contributed by atoms with Crippen molar-refractivity contribution in [1.29, 1.82) is 0 Å². The summed E-state index contributed by atoms with van der Waals surface area (Å²) >= 11 is 3.31. The standard InChI is InChI=1S/C9H16BrN3O.CH5N/c1-6(2)13-9(12-4-5-14)8(10)7(3)11;1-2/h5-6H,4,11H2,1-3H3,(H,12,13);2H2,1H3/b8-7+;. The van der Waals surface area contributed by atoms with Gasteiger partial charge in [-0.1, -0.05) is 0 Å². The maximum Gasteiger partial charge on any atom is 0.141 e. The number of carbonyl (C=O) groups excluding carboxylic acids is 1. The molecular formula is C10H21BrN4O. The number of rotatable bonds is 4. The van der Waals surface area contributed by atoms with E-state index < -0.39 is 0 Å². The Labute approximate surface area is 105 Å². The van der Waals surface area contributed by atoms with Crippen molar-refractivity contribution in [2.24, 2.45) is 16.5 Å². The normalized spacial score (nSPS) is 12.6. The number of nitrogens with zero attached hydrogens (tertiary/aromatic N) is 1. The average Bonchev–Trinajstić information content (AvgIpc) is 2.25. The third-order valence-corrected chi connectivity index (χ3v) is 2.30. The molecule has 0 fully saturated rings. The maximum atomic E-state index is 10.2. The fraction of sp³-hybridized carbons (Fsp3) is 0.600. The van der Waals surface area contributed by atoms with Crippen LogP contribution in [-0.2, 0) is 4.79 Å². The number of nitrogens with two attached hydrogens (primary N) is 2. The van der Waals surface area contributed by atoms with E-state index in [-0.39, 0.29) is 12.6 Å². The van der Waals surface area contributed by atoms with Gasteiger partial charge in [0.05, 0.1) is 11.0 Å². The zero-order chi connectivity index (χ0) is 13.1. The summed E-state index contributed by atoms with van der Waals surface area (Å²) in [4.78, 5) is 14.2. The minimum absolute atomic E-state index is 0.136. The second-order valence-corrected chi connectivity index (χ2v) is 3.94. The molecule has 0 radical (unpaired) electrons. The van der Waals surface area contributed by atoms with E-state index in [0.29, 0.717) is 16.0 Å². The van der Waals surface area contributed by atoms with E-state index in [1.54, 1.807) is 6.92 Å². The molecule has 5 nitrogen and oxygen atoms in total. The highest BCUT2D eigenvalue weighted by Gasteiger charge is 2.06. The van der Waals surface area contributed by atoms with Crippen molar-refractivity contribution in [1.82, 2.24) is 5.32 Å². The summed E-state index contributed by atoms with van der Waals surface area (Å²) in [6, 6.07) is 0.243. The fourth-order valence-electron chi connectivity index (χ4n) is 0.767. The van der Waals surface area contributed by atoms with Crippen LogP contribution in [0.1, 0.15) is 20.8 Å². The second kappa shape index (κ2) is 10.6. The lowest BCUT2D eigenvalue weighted by molar-refractivity contribution is -0.106. The van der Waals surface area contributed by atoms with Crippen molar-refractivity contribution < 1.29 is 4.79 Å². The third-order valence-electron chi connectivity index (χ3n) is 1.30. The quantitative estimate of drug-likeness (QED) is 0.405. The Kier molecular flexibility index (Phi) is 11.6. The van der Waals surface area contributed by atoms with Crippen LogP contribution in [0.4, 0.5) is 0 Å². The number of hydrogen-bond acceptors (Lipinski definition) is 4. The summed E-state index contributed by atoms with van der Waals surface area (Å²) in [6.07, 6.45) is 0.744. The molecule has 94 valence electrons. The number of nitrogens with one attached hydrogen (secondary N) is 1. The molecule has 0 unspecified atom stereocenters. The molecule has 0 saturated carbocycles. The van der Waals surface area contributed by atoms with E-state index in [1.165, 1.54) is 7.05 Å². The lowest BCUT2D eigenvalue weighted by Gasteiger charge is -2.13. The zero-order valence-corrected chi connectivity index (χ0v) is 11.8. The number of carbonyl (C=O) groups is 1. The molecule has 0 rings (SSSR count). The van der Waals surface area contributed by atoms with Gasteiger partial charge in [0.2, 0.25) is 0 Å². The van der Waals surface area contributed by atoms with E-state index >= 15 is 0 Å². The van der Waals surface area contributed by atoms with Crippen LogP contribution in [0.2, 0.25) is 0 Å². The van der Waals surface area contributed by atoms with Crippen LogP contribution in [0, 0.1) is 0 Å². The number of hydrogen-bond donors (Lipinski definition) is 3. The van der Waals surface area contributed by atoms with E-state index in [2.05, 4.69) is 32.0 Å². The van der Waals surface area contributed by atoms with Gasteiger partial charge in [-0.3, -0.25) is 4.99 Å². The Morgan fingerprint density at radius 2 is 2.00 bits per heavy atom. The molecule has 0 aromatic heterocycles. The Bertz CT molecular complexity index is 258. The first kappa shape index (κ1) is 17.5. The van der Waals surface area contributed by atoms with Crippen molar-refractivity contribution in [2.75, 3.05) is 13.6 Å². The predicted molar refractivity (Wildman–Crippen MR) is 72.6 cm³/mol. The molecule has 0 spiro atoms. The second-order valence-electron chi connectivity index (χ2n) is 3.15. The molecule has 0 saturated heterocycles. The third kappa shape index (κ3) is 8.43. The number of halogens is 1. The van der Waals surface area contributed by atoms with Crippen molar-refractivity contribution in [3.05, 3.63) is 10.2 Å². The molecule has 0 aliphatic rings. The van der Waals surface area contributed by atoms with Gasteiger partial charge in [0.1, 0.15) is 12.1 Å². The molecule has 0 heterocycles. The van der Waals surface area contributed by atoms with Crippen LogP contribution >= 0.6 is 15.9 Å². The Hall–Kier alpha value is -0.880. The number of aldehydes is 1. The maximum absolute atomic E-state index is 10.2. The van der Waals surface area contributed by atoms with Gasteiger partial charge in [-0.2, -0.15) is 0 Å². The van der Waals surface area contributed by atoms with Crippen molar-refractivity contribution in [2.45, 2.75) is 26.8 Å². The van der Waals surface area contributed by atoms with Gasteiger partial charge < -0.3 is 21.6 Å². The van der Waals surface area contributed by atoms with Gasteiger partial charge >= 0.3 is 0 Å². The van der Waals surface area contributed by atoms with E-state index in [4.69, 9.17) is 5.73 Å². The zero-order valence-electron chi connectivity index (χ0n) is 10.2. The van der Waals surface area contributed by atoms with E-state index in [9.17, 15) is 4.79 Å². The monoisotopic (exact) mass is 292 g/mol. The molecule has 0 atom stereocenters. The number of aliphatic imine (C=N–C) groups is 1. The molecular weight excluding hydrogens is 272 g/mol. The van der Waals surface area contributed by atoms with Crippen LogP contribution in [0.15, 0.2) is 15.2 Å². The summed E-state index contributed by atoms with van der Waals surface area (Å²) in [7, 11) is 1.50. The topological polar surface area (TPSA) is 93.5 Å².